The molecule has 0 spiro atoms. The van der Waals surface area contributed by atoms with E-state index < -0.39 is 0 Å². The summed E-state index contributed by atoms with van der Waals surface area (Å²) in [5.41, 5.74) is 4.81. The summed E-state index contributed by atoms with van der Waals surface area (Å²) < 4.78 is 5.26. The molecule has 0 bridgehead atoms. The van der Waals surface area contributed by atoms with Crippen LogP contribution in [0.15, 0.2) is 48.5 Å². The summed E-state index contributed by atoms with van der Waals surface area (Å²) in [5.74, 6) is 0.878. The van der Waals surface area contributed by atoms with Gasteiger partial charge in [0.05, 0.1) is 7.11 Å². The Hall–Kier alpha value is -2.22. The zero-order valence-corrected chi connectivity index (χ0v) is 10.5. The van der Waals surface area contributed by atoms with Crippen LogP contribution in [0, 0.1) is 6.92 Å². The Balaban J connectivity index is 2.27. The molecule has 0 atom stereocenters. The van der Waals surface area contributed by atoms with Gasteiger partial charge in [-0.1, -0.05) is 30.3 Å². The molecule has 2 heteroatoms. The van der Waals surface area contributed by atoms with E-state index in [2.05, 4.69) is 42.2 Å². The fraction of sp³-hybridized carbons (Fsp3) is 0.125. The number of hydrogen-bond acceptors (Lipinski definition) is 1. The van der Waals surface area contributed by atoms with Gasteiger partial charge in [0, 0.05) is 28.2 Å². The Kier molecular flexibility index (Phi) is 2.56. The molecule has 0 saturated heterocycles. The van der Waals surface area contributed by atoms with E-state index in [0.29, 0.717) is 0 Å². The molecule has 18 heavy (non-hydrogen) atoms. The minimum atomic E-state index is 0.878. The quantitative estimate of drug-likeness (QED) is 0.711. The van der Waals surface area contributed by atoms with Crippen LogP contribution in [0.1, 0.15) is 5.69 Å². The Morgan fingerprint density at radius 3 is 2.50 bits per heavy atom. The molecule has 3 aromatic rings. The molecule has 3 rings (SSSR count). The van der Waals surface area contributed by atoms with E-state index in [1.807, 2.05) is 18.2 Å². The number of rotatable bonds is 2. The molecule has 0 radical (unpaired) electrons. The van der Waals surface area contributed by atoms with Crippen molar-refractivity contribution in [3.05, 3.63) is 54.2 Å². The summed E-state index contributed by atoms with van der Waals surface area (Å²) in [6.07, 6.45) is 0. The van der Waals surface area contributed by atoms with Crippen molar-refractivity contribution >= 4 is 10.9 Å². The summed E-state index contributed by atoms with van der Waals surface area (Å²) in [6, 6.07) is 16.6. The van der Waals surface area contributed by atoms with Crippen molar-refractivity contribution in [3.8, 4) is 16.9 Å². The van der Waals surface area contributed by atoms with Crippen molar-refractivity contribution in [1.82, 2.24) is 4.98 Å². The topological polar surface area (TPSA) is 25.0 Å². The molecule has 0 aliphatic rings. The lowest BCUT2D eigenvalue weighted by molar-refractivity contribution is 0.415. The van der Waals surface area contributed by atoms with E-state index in [4.69, 9.17) is 4.74 Å². The summed E-state index contributed by atoms with van der Waals surface area (Å²) >= 11 is 0. The first kappa shape index (κ1) is 10.9. The minimum Gasteiger partial charge on any atom is -0.497 e. The molecule has 0 amide bonds. The van der Waals surface area contributed by atoms with E-state index in [1.165, 1.54) is 22.2 Å². The monoisotopic (exact) mass is 237 g/mol. The van der Waals surface area contributed by atoms with Gasteiger partial charge in [-0.3, -0.25) is 0 Å². The maximum Gasteiger partial charge on any atom is 0.120 e. The van der Waals surface area contributed by atoms with Crippen molar-refractivity contribution < 1.29 is 4.74 Å². The number of H-pyrrole nitrogens is 1. The van der Waals surface area contributed by atoms with Gasteiger partial charge in [-0.25, -0.2) is 0 Å². The Morgan fingerprint density at radius 1 is 1.00 bits per heavy atom. The van der Waals surface area contributed by atoms with Gasteiger partial charge in [0.1, 0.15) is 5.75 Å². The number of nitrogens with one attached hydrogen (secondary N) is 1. The number of aromatic amines is 1. The summed E-state index contributed by atoms with van der Waals surface area (Å²) in [6.45, 7) is 2.11. The number of fused-ring (bicyclic) bond motifs is 1. The standard InChI is InChI=1S/C16H15NO/c1-11-16(12-6-4-3-5-7-12)14-9-8-13(18-2)10-15(14)17-11/h3-10,17H,1-2H3. The zero-order chi connectivity index (χ0) is 12.5. The molecule has 2 nitrogen and oxygen atoms in total. The van der Waals surface area contributed by atoms with Crippen LogP contribution in [0.4, 0.5) is 0 Å². The van der Waals surface area contributed by atoms with Gasteiger partial charge in [-0.15, -0.1) is 0 Å². The highest BCUT2D eigenvalue weighted by Gasteiger charge is 2.10. The molecule has 90 valence electrons. The summed E-state index contributed by atoms with van der Waals surface area (Å²) in [5, 5.41) is 1.24. The predicted molar refractivity (Wildman–Crippen MR) is 75.0 cm³/mol. The van der Waals surface area contributed by atoms with E-state index in [-0.39, 0.29) is 0 Å². The van der Waals surface area contributed by atoms with Crippen LogP contribution >= 0.6 is 0 Å². The molecular formula is C16H15NO. The second-order valence-electron chi connectivity index (χ2n) is 4.40. The van der Waals surface area contributed by atoms with Gasteiger partial charge < -0.3 is 9.72 Å². The predicted octanol–water partition coefficient (Wildman–Crippen LogP) is 4.15. The number of ether oxygens (including phenoxy) is 1. The maximum atomic E-state index is 5.26. The SMILES string of the molecule is COc1ccc2c(-c3ccccc3)c(C)[nH]c2c1. The zero-order valence-electron chi connectivity index (χ0n) is 10.5. The van der Waals surface area contributed by atoms with Crippen LogP contribution in [-0.2, 0) is 0 Å². The molecule has 1 N–H and O–H groups in total. The second-order valence-corrected chi connectivity index (χ2v) is 4.40. The average Bonchev–Trinajstić information content (AvgIpc) is 2.74. The highest BCUT2D eigenvalue weighted by atomic mass is 16.5. The summed E-state index contributed by atoms with van der Waals surface area (Å²) in [7, 11) is 1.69. The largest absolute Gasteiger partial charge is 0.497 e. The van der Waals surface area contributed by atoms with E-state index in [1.54, 1.807) is 7.11 Å². The molecule has 0 aliphatic heterocycles. The molecule has 2 aromatic carbocycles. The Labute approximate surface area is 106 Å². The lowest BCUT2D eigenvalue weighted by Gasteiger charge is -2.02. The van der Waals surface area contributed by atoms with Gasteiger partial charge in [0.2, 0.25) is 0 Å². The van der Waals surface area contributed by atoms with Crippen molar-refractivity contribution in [2.45, 2.75) is 6.92 Å². The highest BCUT2D eigenvalue weighted by Crippen LogP contribution is 2.33. The van der Waals surface area contributed by atoms with Crippen molar-refractivity contribution in [2.75, 3.05) is 7.11 Å². The van der Waals surface area contributed by atoms with Gasteiger partial charge in [-0.2, -0.15) is 0 Å². The fourth-order valence-electron chi connectivity index (χ4n) is 2.42. The van der Waals surface area contributed by atoms with E-state index in [9.17, 15) is 0 Å². The molecule has 0 fully saturated rings. The smallest absolute Gasteiger partial charge is 0.120 e. The molecule has 0 aliphatic carbocycles. The number of benzene rings is 2. The average molecular weight is 237 g/mol. The molecule has 0 saturated carbocycles. The highest BCUT2D eigenvalue weighted by molar-refractivity contribution is 5.97. The number of aryl methyl sites for hydroxylation is 1. The third-order valence-electron chi connectivity index (χ3n) is 3.26. The third kappa shape index (κ3) is 1.66. The van der Waals surface area contributed by atoms with Crippen molar-refractivity contribution in [3.63, 3.8) is 0 Å². The van der Waals surface area contributed by atoms with Gasteiger partial charge in [-0.05, 0) is 24.6 Å². The molecule has 0 unspecified atom stereocenters. The molecule has 1 aromatic heterocycles. The van der Waals surface area contributed by atoms with E-state index >= 15 is 0 Å². The van der Waals surface area contributed by atoms with Gasteiger partial charge in [0.15, 0.2) is 0 Å². The normalized spacial score (nSPS) is 10.8. The van der Waals surface area contributed by atoms with Gasteiger partial charge in [0.25, 0.3) is 0 Å². The molecular weight excluding hydrogens is 222 g/mol. The second kappa shape index (κ2) is 4.22. The Bertz CT molecular complexity index is 683. The first-order valence-electron chi connectivity index (χ1n) is 6.01. The van der Waals surface area contributed by atoms with Crippen LogP contribution in [0.5, 0.6) is 5.75 Å². The fourth-order valence-corrected chi connectivity index (χ4v) is 2.42. The van der Waals surface area contributed by atoms with Crippen LogP contribution in [0.3, 0.4) is 0 Å². The van der Waals surface area contributed by atoms with Crippen LogP contribution in [0.25, 0.3) is 22.0 Å². The lowest BCUT2D eigenvalue weighted by Crippen LogP contribution is -1.81. The number of hydrogen-bond donors (Lipinski definition) is 1. The Morgan fingerprint density at radius 2 is 1.78 bits per heavy atom. The first-order valence-corrected chi connectivity index (χ1v) is 6.01. The first-order chi connectivity index (χ1) is 8.79. The van der Waals surface area contributed by atoms with Crippen LogP contribution < -0.4 is 4.74 Å². The van der Waals surface area contributed by atoms with Gasteiger partial charge >= 0.3 is 0 Å². The van der Waals surface area contributed by atoms with Crippen molar-refractivity contribution in [1.29, 1.82) is 0 Å². The van der Waals surface area contributed by atoms with Crippen LogP contribution in [0.2, 0.25) is 0 Å². The number of methoxy groups -OCH3 is 1. The third-order valence-corrected chi connectivity index (χ3v) is 3.26. The maximum absolute atomic E-state index is 5.26. The lowest BCUT2D eigenvalue weighted by atomic mass is 10.0. The van der Waals surface area contributed by atoms with Crippen molar-refractivity contribution in [2.24, 2.45) is 0 Å². The minimum absolute atomic E-state index is 0.878. The van der Waals surface area contributed by atoms with E-state index in [0.717, 1.165) is 11.3 Å². The number of aromatic nitrogens is 1. The van der Waals surface area contributed by atoms with Crippen LogP contribution in [-0.4, -0.2) is 12.1 Å². The summed E-state index contributed by atoms with van der Waals surface area (Å²) in [4.78, 5) is 3.42. The molecule has 1 heterocycles.